The van der Waals surface area contributed by atoms with Crippen molar-refractivity contribution in [1.82, 2.24) is 25.1 Å². The molecule has 0 radical (unpaired) electrons. The van der Waals surface area contributed by atoms with Crippen molar-refractivity contribution in [3.05, 3.63) is 36.8 Å². The topological polar surface area (TPSA) is 84.7 Å². The molecule has 0 aliphatic rings. The van der Waals surface area contributed by atoms with Gasteiger partial charge in [-0.3, -0.25) is 15.0 Å². The highest BCUT2D eigenvalue weighted by Crippen LogP contribution is 2.22. The second-order valence-electron chi connectivity index (χ2n) is 5.61. The van der Waals surface area contributed by atoms with Crippen LogP contribution < -0.4 is 10.6 Å². The number of carbonyl (C=O) groups excluding carboxylic acids is 1. The Kier molecular flexibility index (Phi) is 3.92. The van der Waals surface area contributed by atoms with Crippen LogP contribution in [-0.4, -0.2) is 31.8 Å². The zero-order valence-electron chi connectivity index (χ0n) is 13.2. The van der Waals surface area contributed by atoms with E-state index < -0.39 is 0 Å². The number of rotatable bonds is 3. The number of aromatic nitrogens is 4. The van der Waals surface area contributed by atoms with Crippen LogP contribution in [0.4, 0.5) is 10.6 Å². The molecule has 0 aliphatic carbocycles. The van der Waals surface area contributed by atoms with E-state index in [-0.39, 0.29) is 12.1 Å². The second-order valence-corrected chi connectivity index (χ2v) is 5.61. The van der Waals surface area contributed by atoms with Crippen LogP contribution in [-0.2, 0) is 7.05 Å². The maximum atomic E-state index is 11.7. The molecule has 7 nitrogen and oxygen atoms in total. The molecule has 0 spiro atoms. The molecule has 2 heterocycles. The van der Waals surface area contributed by atoms with E-state index >= 15 is 0 Å². The Morgan fingerprint density at radius 3 is 2.70 bits per heavy atom. The standard InChI is InChI=1S/C16H18N6O/c1-10(2)19-16(23)21-15-8-17-13-5-4-11(6-14(13)20-15)12-7-18-22(3)9-12/h4-10H,1-3H3,(H2,19,20,21,23). The number of fused-ring (bicyclic) bond motifs is 1. The van der Waals surface area contributed by atoms with Gasteiger partial charge in [0.15, 0.2) is 5.82 Å². The van der Waals surface area contributed by atoms with Crippen molar-refractivity contribution in [2.24, 2.45) is 7.05 Å². The van der Waals surface area contributed by atoms with E-state index in [2.05, 4.69) is 25.7 Å². The van der Waals surface area contributed by atoms with Crippen LogP contribution in [0.2, 0.25) is 0 Å². The lowest BCUT2D eigenvalue weighted by Gasteiger charge is -2.09. The Balaban J connectivity index is 1.90. The summed E-state index contributed by atoms with van der Waals surface area (Å²) in [6.07, 6.45) is 5.28. The number of aryl methyl sites for hydroxylation is 1. The predicted molar refractivity (Wildman–Crippen MR) is 89.0 cm³/mol. The van der Waals surface area contributed by atoms with Crippen molar-refractivity contribution in [3.63, 3.8) is 0 Å². The molecule has 118 valence electrons. The number of hydrogen-bond acceptors (Lipinski definition) is 4. The van der Waals surface area contributed by atoms with Crippen LogP contribution in [0.25, 0.3) is 22.2 Å². The van der Waals surface area contributed by atoms with Crippen LogP contribution >= 0.6 is 0 Å². The van der Waals surface area contributed by atoms with Gasteiger partial charge in [0.25, 0.3) is 0 Å². The molecule has 7 heteroatoms. The number of amides is 2. The fourth-order valence-electron chi connectivity index (χ4n) is 2.24. The maximum Gasteiger partial charge on any atom is 0.320 e. The lowest BCUT2D eigenvalue weighted by molar-refractivity contribution is 0.250. The van der Waals surface area contributed by atoms with Gasteiger partial charge in [0.05, 0.1) is 23.4 Å². The maximum absolute atomic E-state index is 11.7. The molecule has 23 heavy (non-hydrogen) atoms. The van der Waals surface area contributed by atoms with Crippen molar-refractivity contribution in [3.8, 4) is 11.1 Å². The summed E-state index contributed by atoms with van der Waals surface area (Å²) in [4.78, 5) is 20.5. The van der Waals surface area contributed by atoms with Crippen LogP contribution in [0.15, 0.2) is 36.8 Å². The Labute approximate surface area is 133 Å². The molecule has 3 rings (SSSR count). The van der Waals surface area contributed by atoms with Crippen LogP contribution in [0, 0.1) is 0 Å². The molecule has 0 fully saturated rings. The molecule has 2 amide bonds. The number of hydrogen-bond donors (Lipinski definition) is 2. The molecule has 2 N–H and O–H groups in total. The van der Waals surface area contributed by atoms with Gasteiger partial charge in [-0.2, -0.15) is 5.10 Å². The average Bonchev–Trinajstić information content (AvgIpc) is 2.92. The number of carbonyl (C=O) groups is 1. The van der Waals surface area contributed by atoms with Gasteiger partial charge in [-0.1, -0.05) is 6.07 Å². The average molecular weight is 310 g/mol. The number of benzene rings is 1. The van der Waals surface area contributed by atoms with Gasteiger partial charge in [-0.15, -0.1) is 0 Å². The summed E-state index contributed by atoms with van der Waals surface area (Å²) in [6.45, 7) is 3.79. The van der Waals surface area contributed by atoms with Crippen molar-refractivity contribution in [2.45, 2.75) is 19.9 Å². The Morgan fingerprint density at radius 1 is 1.17 bits per heavy atom. The van der Waals surface area contributed by atoms with E-state index in [0.29, 0.717) is 11.3 Å². The SMILES string of the molecule is CC(C)NC(=O)Nc1cnc2ccc(-c3cnn(C)c3)cc2n1. The smallest absolute Gasteiger partial charge is 0.320 e. The third-order valence-electron chi connectivity index (χ3n) is 3.24. The Hall–Kier alpha value is -2.96. The summed E-state index contributed by atoms with van der Waals surface area (Å²) in [7, 11) is 1.87. The van der Waals surface area contributed by atoms with Crippen molar-refractivity contribution in [1.29, 1.82) is 0 Å². The largest absolute Gasteiger partial charge is 0.336 e. The highest BCUT2D eigenvalue weighted by Gasteiger charge is 2.07. The second kappa shape index (κ2) is 6.04. The van der Waals surface area contributed by atoms with E-state index in [9.17, 15) is 4.79 Å². The first-order valence-corrected chi connectivity index (χ1v) is 7.34. The summed E-state index contributed by atoms with van der Waals surface area (Å²) in [5, 5.41) is 9.61. The van der Waals surface area contributed by atoms with Gasteiger partial charge >= 0.3 is 6.03 Å². The molecule has 0 unspecified atom stereocenters. The van der Waals surface area contributed by atoms with Gasteiger partial charge in [0, 0.05) is 24.8 Å². The number of nitrogens with zero attached hydrogens (tertiary/aromatic N) is 4. The first kappa shape index (κ1) is 15.0. The van der Waals surface area contributed by atoms with Gasteiger partial charge in [0.2, 0.25) is 0 Å². The van der Waals surface area contributed by atoms with Crippen molar-refractivity contribution in [2.75, 3.05) is 5.32 Å². The predicted octanol–water partition coefficient (Wildman–Crippen LogP) is 2.56. The molecule has 1 aromatic carbocycles. The van der Waals surface area contributed by atoms with E-state index in [1.807, 2.05) is 45.3 Å². The highest BCUT2D eigenvalue weighted by molar-refractivity contribution is 5.90. The molecule has 3 aromatic rings. The van der Waals surface area contributed by atoms with E-state index in [1.54, 1.807) is 17.1 Å². The third-order valence-corrected chi connectivity index (χ3v) is 3.24. The lowest BCUT2D eigenvalue weighted by atomic mass is 10.1. The van der Waals surface area contributed by atoms with Gasteiger partial charge in [-0.05, 0) is 31.5 Å². The highest BCUT2D eigenvalue weighted by atomic mass is 16.2. The molecular formula is C16H18N6O. The Bertz CT molecular complexity index is 855. The van der Waals surface area contributed by atoms with E-state index in [4.69, 9.17) is 0 Å². The molecule has 0 saturated heterocycles. The lowest BCUT2D eigenvalue weighted by Crippen LogP contribution is -2.34. The van der Waals surface area contributed by atoms with Crippen molar-refractivity contribution < 1.29 is 4.79 Å². The fourth-order valence-corrected chi connectivity index (χ4v) is 2.24. The zero-order chi connectivity index (χ0) is 16.4. The molecule has 0 saturated carbocycles. The normalized spacial score (nSPS) is 11.0. The minimum Gasteiger partial charge on any atom is -0.336 e. The molecule has 0 atom stereocenters. The summed E-state index contributed by atoms with van der Waals surface area (Å²) in [6, 6.07) is 5.58. The fraction of sp³-hybridized carbons (Fsp3) is 0.250. The van der Waals surface area contributed by atoms with Crippen LogP contribution in [0.5, 0.6) is 0 Å². The van der Waals surface area contributed by atoms with E-state index in [0.717, 1.165) is 16.6 Å². The van der Waals surface area contributed by atoms with Gasteiger partial charge in [0.1, 0.15) is 0 Å². The minimum atomic E-state index is -0.294. The molecule has 0 bridgehead atoms. The number of nitrogens with one attached hydrogen (secondary N) is 2. The van der Waals surface area contributed by atoms with Gasteiger partial charge < -0.3 is 5.32 Å². The quantitative estimate of drug-likeness (QED) is 0.778. The summed E-state index contributed by atoms with van der Waals surface area (Å²) in [5.74, 6) is 0.416. The van der Waals surface area contributed by atoms with Crippen LogP contribution in [0.1, 0.15) is 13.8 Å². The summed E-state index contributed by atoms with van der Waals surface area (Å²) >= 11 is 0. The van der Waals surface area contributed by atoms with Crippen LogP contribution in [0.3, 0.4) is 0 Å². The number of anilines is 1. The number of urea groups is 1. The first-order valence-electron chi connectivity index (χ1n) is 7.34. The van der Waals surface area contributed by atoms with E-state index in [1.165, 1.54) is 0 Å². The minimum absolute atomic E-state index is 0.0561. The molecular weight excluding hydrogens is 292 g/mol. The first-order chi connectivity index (χ1) is 11.0. The Morgan fingerprint density at radius 2 is 2.00 bits per heavy atom. The summed E-state index contributed by atoms with van der Waals surface area (Å²) in [5.41, 5.74) is 3.50. The van der Waals surface area contributed by atoms with Crippen molar-refractivity contribution >= 4 is 22.9 Å². The third kappa shape index (κ3) is 3.45. The summed E-state index contributed by atoms with van der Waals surface area (Å²) < 4.78 is 1.75. The zero-order valence-corrected chi connectivity index (χ0v) is 13.2. The molecule has 2 aromatic heterocycles. The monoisotopic (exact) mass is 310 g/mol. The van der Waals surface area contributed by atoms with Gasteiger partial charge in [-0.25, -0.2) is 9.78 Å². The molecule has 0 aliphatic heterocycles.